The zero-order chi connectivity index (χ0) is 28.7. The molecule has 0 unspecified atom stereocenters. The summed E-state index contributed by atoms with van der Waals surface area (Å²) < 4.78 is 9.48. The van der Waals surface area contributed by atoms with Gasteiger partial charge in [0.15, 0.2) is 5.82 Å². The lowest BCUT2D eigenvalue weighted by Gasteiger charge is -2.18. The lowest BCUT2D eigenvalue weighted by Crippen LogP contribution is -2.23. The van der Waals surface area contributed by atoms with E-state index in [1.165, 1.54) is 21.4 Å². The van der Waals surface area contributed by atoms with Gasteiger partial charge in [-0.25, -0.2) is 4.68 Å². The van der Waals surface area contributed by atoms with Gasteiger partial charge in [-0.3, -0.25) is 4.79 Å². The van der Waals surface area contributed by atoms with E-state index in [4.69, 9.17) is 9.84 Å². The number of nitrogens with zero attached hydrogens (tertiary/aromatic N) is 5. The Morgan fingerprint density at radius 3 is 2.39 bits per heavy atom. The average molecular weight is 562 g/mol. The summed E-state index contributed by atoms with van der Waals surface area (Å²) in [4.78, 5) is 18.7. The molecule has 3 aromatic carbocycles. The molecule has 7 nitrogen and oxygen atoms in total. The fraction of sp³-hybridized carbons (Fsp3) is 0.212. The van der Waals surface area contributed by atoms with Gasteiger partial charge in [-0.05, 0) is 66.8 Å². The lowest BCUT2D eigenvalue weighted by atomic mass is 9.87. The second-order valence-electron chi connectivity index (χ2n) is 11.0. The van der Waals surface area contributed by atoms with Crippen LogP contribution in [-0.2, 0) is 5.41 Å². The smallest absolute Gasteiger partial charge is 0.291 e. The molecule has 0 saturated heterocycles. The molecule has 41 heavy (non-hydrogen) atoms. The van der Waals surface area contributed by atoms with Crippen molar-refractivity contribution in [3.8, 4) is 34.1 Å². The van der Waals surface area contributed by atoms with Crippen LogP contribution < -0.4 is 14.8 Å². The number of benzene rings is 3. The number of para-hydroxylation sites is 1. The highest BCUT2D eigenvalue weighted by molar-refractivity contribution is 7.15. The third-order valence-electron chi connectivity index (χ3n) is 7.00. The van der Waals surface area contributed by atoms with Crippen LogP contribution in [0.5, 0.6) is 5.75 Å². The minimum atomic E-state index is -0.197. The monoisotopic (exact) mass is 561 g/mol. The topological polar surface area (TPSA) is 74.3 Å². The van der Waals surface area contributed by atoms with E-state index in [0.29, 0.717) is 21.9 Å². The molecule has 0 aliphatic rings. The van der Waals surface area contributed by atoms with Gasteiger partial charge in [0, 0.05) is 22.9 Å². The second kappa shape index (κ2) is 10.4. The van der Waals surface area contributed by atoms with Crippen molar-refractivity contribution < 1.29 is 4.74 Å². The largest absolute Gasteiger partial charge is 0.494 e. The highest BCUT2D eigenvalue weighted by Gasteiger charge is 2.18. The van der Waals surface area contributed by atoms with Crippen molar-refractivity contribution in [3.05, 3.63) is 111 Å². The van der Waals surface area contributed by atoms with Crippen LogP contribution in [-0.4, -0.2) is 31.0 Å². The first-order chi connectivity index (χ1) is 19.7. The highest BCUT2D eigenvalue weighted by atomic mass is 32.1. The van der Waals surface area contributed by atoms with E-state index >= 15 is 0 Å². The molecular weight excluding hydrogens is 530 g/mol. The van der Waals surface area contributed by atoms with E-state index < -0.39 is 0 Å². The molecule has 0 N–H and O–H groups in total. The molecule has 0 aliphatic carbocycles. The van der Waals surface area contributed by atoms with Crippen LogP contribution in [0.4, 0.5) is 0 Å². The summed E-state index contributed by atoms with van der Waals surface area (Å²) in [7, 11) is 0. The molecule has 0 bridgehead atoms. The lowest BCUT2D eigenvalue weighted by molar-refractivity contribution is 0.340. The number of aryl methyl sites for hydroxylation is 1. The average Bonchev–Trinajstić information content (AvgIpc) is 3.64. The number of hydrogen-bond donors (Lipinski definition) is 0. The number of thiazole rings is 1. The van der Waals surface area contributed by atoms with Crippen LogP contribution in [0, 0.1) is 6.92 Å². The van der Waals surface area contributed by atoms with Gasteiger partial charge in [-0.1, -0.05) is 74.6 Å². The summed E-state index contributed by atoms with van der Waals surface area (Å²) in [6.07, 6.45) is 3.84. The van der Waals surface area contributed by atoms with Crippen LogP contribution in [0.15, 0.2) is 83.8 Å². The van der Waals surface area contributed by atoms with Crippen molar-refractivity contribution in [2.24, 2.45) is 0 Å². The Balaban J connectivity index is 1.43. The van der Waals surface area contributed by atoms with E-state index in [-0.39, 0.29) is 11.0 Å². The molecule has 6 rings (SSSR count). The van der Waals surface area contributed by atoms with Crippen LogP contribution in [0.25, 0.3) is 39.4 Å². The van der Waals surface area contributed by atoms with E-state index in [1.807, 2.05) is 91.5 Å². The fourth-order valence-electron chi connectivity index (χ4n) is 4.79. The second-order valence-corrected chi connectivity index (χ2v) is 12.0. The summed E-state index contributed by atoms with van der Waals surface area (Å²) in [6, 6.07) is 24.1. The van der Waals surface area contributed by atoms with Gasteiger partial charge in [-0.15, -0.1) is 5.10 Å². The maximum Gasteiger partial charge on any atom is 0.291 e. The van der Waals surface area contributed by atoms with Gasteiger partial charge in [-0.2, -0.15) is 14.6 Å². The first kappa shape index (κ1) is 26.7. The molecule has 0 radical (unpaired) electrons. The zero-order valence-corrected chi connectivity index (χ0v) is 24.6. The van der Waals surface area contributed by atoms with Crippen molar-refractivity contribution in [3.63, 3.8) is 0 Å². The number of aromatic nitrogens is 5. The molecule has 206 valence electrons. The minimum Gasteiger partial charge on any atom is -0.494 e. The Bertz CT molecular complexity index is 1960. The third-order valence-corrected chi connectivity index (χ3v) is 7.96. The number of ether oxygens (including phenoxy) is 1. The third kappa shape index (κ3) is 5.18. The quantitative estimate of drug-likeness (QED) is 0.241. The number of rotatable bonds is 6. The predicted octanol–water partition coefficient (Wildman–Crippen LogP) is 6.22. The van der Waals surface area contributed by atoms with Gasteiger partial charge >= 0.3 is 0 Å². The van der Waals surface area contributed by atoms with Crippen molar-refractivity contribution in [1.82, 2.24) is 24.4 Å². The molecule has 3 heterocycles. The predicted molar refractivity (Wildman–Crippen MR) is 165 cm³/mol. The molecule has 0 saturated carbocycles. The van der Waals surface area contributed by atoms with E-state index in [2.05, 4.69) is 43.0 Å². The Labute approximate surface area is 242 Å². The summed E-state index contributed by atoms with van der Waals surface area (Å²) in [5.41, 5.74) is 6.55. The summed E-state index contributed by atoms with van der Waals surface area (Å²) in [6.45, 7) is 11.2. The maximum absolute atomic E-state index is 13.5. The molecule has 0 amide bonds. The first-order valence-electron chi connectivity index (χ1n) is 13.6. The van der Waals surface area contributed by atoms with Gasteiger partial charge in [0.05, 0.1) is 16.8 Å². The molecule has 0 fully saturated rings. The van der Waals surface area contributed by atoms with E-state index in [9.17, 15) is 4.79 Å². The Hall–Kier alpha value is -4.56. The molecule has 0 spiro atoms. The van der Waals surface area contributed by atoms with Gasteiger partial charge in [0.2, 0.25) is 4.96 Å². The standard InChI is InChI=1S/C33H31N5O2S/c1-6-40-26-16-17-27(21(2)18-26)29-23(20-37(35-29)25-10-8-7-9-11-25)19-28-31(39)38-32(41-28)34-30(36-38)22-12-14-24(15-13-22)33(3,4)5/h7-20H,6H2,1-5H3/b28-19-. The fourth-order valence-corrected chi connectivity index (χ4v) is 5.69. The van der Waals surface area contributed by atoms with E-state index in [1.54, 1.807) is 0 Å². The highest BCUT2D eigenvalue weighted by Crippen LogP contribution is 2.30. The van der Waals surface area contributed by atoms with E-state index in [0.717, 1.165) is 39.4 Å². The van der Waals surface area contributed by atoms with Crippen LogP contribution in [0.3, 0.4) is 0 Å². The van der Waals surface area contributed by atoms with Crippen LogP contribution in [0.2, 0.25) is 0 Å². The van der Waals surface area contributed by atoms with Gasteiger partial charge in [0.25, 0.3) is 5.56 Å². The summed E-state index contributed by atoms with van der Waals surface area (Å²) in [5, 5.41) is 9.50. The number of hydrogen-bond acceptors (Lipinski definition) is 6. The van der Waals surface area contributed by atoms with Crippen LogP contribution >= 0.6 is 11.3 Å². The minimum absolute atomic E-state index is 0.0600. The molecule has 6 aromatic rings. The SMILES string of the molecule is CCOc1ccc(-c2nn(-c3ccccc3)cc2/C=c2\sc3nc(-c4ccc(C(C)(C)C)cc4)nn3c2=O)c(C)c1. The molecular formula is C33H31N5O2S. The molecule has 8 heteroatoms. The Morgan fingerprint density at radius 2 is 1.73 bits per heavy atom. The first-order valence-corrected chi connectivity index (χ1v) is 14.4. The molecule has 0 aliphatic heterocycles. The Kier molecular flexibility index (Phi) is 6.79. The van der Waals surface area contributed by atoms with Gasteiger partial charge < -0.3 is 4.74 Å². The summed E-state index contributed by atoms with van der Waals surface area (Å²) in [5.74, 6) is 1.36. The Morgan fingerprint density at radius 1 is 0.976 bits per heavy atom. The maximum atomic E-state index is 13.5. The molecule has 0 atom stereocenters. The normalized spacial score (nSPS) is 12.4. The van der Waals surface area contributed by atoms with Crippen molar-refractivity contribution in [2.75, 3.05) is 6.61 Å². The van der Waals surface area contributed by atoms with Crippen molar-refractivity contribution >= 4 is 22.4 Å². The van der Waals surface area contributed by atoms with Crippen LogP contribution in [0.1, 0.15) is 44.4 Å². The van der Waals surface area contributed by atoms with Crippen molar-refractivity contribution in [2.45, 2.75) is 40.0 Å². The number of fused-ring (bicyclic) bond motifs is 1. The van der Waals surface area contributed by atoms with Crippen molar-refractivity contribution in [1.29, 1.82) is 0 Å². The molecule has 3 aromatic heterocycles. The van der Waals surface area contributed by atoms with Gasteiger partial charge in [0.1, 0.15) is 11.4 Å². The zero-order valence-electron chi connectivity index (χ0n) is 23.8. The summed E-state index contributed by atoms with van der Waals surface area (Å²) >= 11 is 1.33.